The molecule has 6 nitrogen and oxygen atoms in total. The van der Waals surface area contributed by atoms with E-state index < -0.39 is 0 Å². The number of anilines is 2. The molecule has 0 fully saturated rings. The highest BCUT2D eigenvalue weighted by Gasteiger charge is 2.10. The van der Waals surface area contributed by atoms with Crippen LogP contribution < -0.4 is 16.6 Å². The molecule has 0 saturated heterocycles. The van der Waals surface area contributed by atoms with Crippen LogP contribution in [0.15, 0.2) is 33.6 Å². The first kappa shape index (κ1) is 13.8. The summed E-state index contributed by atoms with van der Waals surface area (Å²) in [5.74, 6) is 7.62. The summed E-state index contributed by atoms with van der Waals surface area (Å²) in [5.41, 5.74) is 2.51. The fourth-order valence-electron chi connectivity index (χ4n) is 1.69. The minimum atomic E-state index is 0.252. The van der Waals surface area contributed by atoms with Gasteiger partial charge in [-0.2, -0.15) is 0 Å². The molecule has 0 aliphatic heterocycles. The molecular weight excluding hydrogens is 310 g/mol. The highest BCUT2D eigenvalue weighted by atomic mass is 79.9. The minimum absolute atomic E-state index is 0.252. The van der Waals surface area contributed by atoms with Gasteiger partial charge in [0.25, 0.3) is 0 Å². The Morgan fingerprint density at radius 1 is 1.42 bits per heavy atom. The molecule has 0 amide bonds. The molecule has 2 aromatic heterocycles. The summed E-state index contributed by atoms with van der Waals surface area (Å²) in [5, 5.41) is 3.31. The predicted molar refractivity (Wildman–Crippen MR) is 77.7 cm³/mol. The lowest BCUT2D eigenvalue weighted by Gasteiger charge is -2.15. The zero-order chi connectivity index (χ0) is 13.7. The van der Waals surface area contributed by atoms with Crippen molar-refractivity contribution in [3.63, 3.8) is 0 Å². The Kier molecular flexibility index (Phi) is 4.75. The van der Waals surface area contributed by atoms with E-state index in [4.69, 9.17) is 10.3 Å². The smallest absolute Gasteiger partial charge is 0.159 e. The largest absolute Gasteiger partial charge is 0.469 e. The summed E-state index contributed by atoms with van der Waals surface area (Å²) in [4.78, 5) is 8.19. The van der Waals surface area contributed by atoms with E-state index in [-0.39, 0.29) is 6.04 Å². The maximum absolute atomic E-state index is 5.36. The van der Waals surface area contributed by atoms with E-state index in [0.717, 1.165) is 28.9 Å². The average Bonchev–Trinajstić information content (AvgIpc) is 2.92. The van der Waals surface area contributed by atoms with E-state index in [1.807, 2.05) is 12.1 Å². The molecule has 19 heavy (non-hydrogen) atoms. The lowest BCUT2D eigenvalue weighted by atomic mass is 10.1. The van der Waals surface area contributed by atoms with Gasteiger partial charge >= 0.3 is 0 Å². The SMILES string of the molecule is CC(CCc1ccco1)Nc1ncnc(NN)c1Br. The van der Waals surface area contributed by atoms with Crippen molar-refractivity contribution in [2.75, 3.05) is 10.7 Å². The lowest BCUT2D eigenvalue weighted by Crippen LogP contribution is -2.18. The van der Waals surface area contributed by atoms with E-state index in [9.17, 15) is 0 Å². The van der Waals surface area contributed by atoms with Crippen LogP contribution in [0.4, 0.5) is 11.6 Å². The van der Waals surface area contributed by atoms with Crippen LogP contribution in [0.2, 0.25) is 0 Å². The molecule has 7 heteroatoms. The van der Waals surface area contributed by atoms with E-state index >= 15 is 0 Å². The number of hydrogen-bond donors (Lipinski definition) is 3. The zero-order valence-corrected chi connectivity index (χ0v) is 12.1. The Morgan fingerprint density at radius 3 is 2.89 bits per heavy atom. The number of aromatic nitrogens is 2. The first-order valence-electron chi connectivity index (χ1n) is 5.96. The third-order valence-corrected chi connectivity index (χ3v) is 3.46. The molecule has 4 N–H and O–H groups in total. The standard InChI is InChI=1S/C12H16BrN5O/c1-8(4-5-9-3-2-6-19-9)17-11-10(13)12(18-14)16-7-15-11/h2-3,6-8H,4-5,14H2,1H3,(H2,15,16,17,18). The molecular formula is C12H16BrN5O. The van der Waals surface area contributed by atoms with Gasteiger partial charge < -0.3 is 15.2 Å². The van der Waals surface area contributed by atoms with Crippen molar-refractivity contribution in [2.45, 2.75) is 25.8 Å². The van der Waals surface area contributed by atoms with Gasteiger partial charge in [0.2, 0.25) is 0 Å². The third kappa shape index (κ3) is 3.68. The molecule has 1 unspecified atom stereocenters. The van der Waals surface area contributed by atoms with Gasteiger partial charge in [-0.25, -0.2) is 15.8 Å². The maximum Gasteiger partial charge on any atom is 0.159 e. The lowest BCUT2D eigenvalue weighted by molar-refractivity contribution is 0.495. The zero-order valence-electron chi connectivity index (χ0n) is 10.6. The Hall–Kier alpha value is -1.60. The maximum atomic E-state index is 5.36. The van der Waals surface area contributed by atoms with Gasteiger partial charge in [-0.1, -0.05) is 0 Å². The summed E-state index contributed by atoms with van der Waals surface area (Å²) in [7, 11) is 0. The molecule has 0 bridgehead atoms. The van der Waals surface area contributed by atoms with Crippen LogP contribution in [0, 0.1) is 0 Å². The predicted octanol–water partition coefficient (Wildman–Crippen LogP) is 2.55. The topological polar surface area (TPSA) is 89.0 Å². The molecule has 2 aromatic rings. The number of rotatable bonds is 6. The van der Waals surface area contributed by atoms with Crippen LogP contribution in [0.3, 0.4) is 0 Å². The van der Waals surface area contributed by atoms with Gasteiger partial charge in [0.05, 0.1) is 6.26 Å². The quantitative estimate of drug-likeness (QED) is 0.558. The van der Waals surface area contributed by atoms with Crippen molar-refractivity contribution in [1.29, 1.82) is 0 Å². The number of nitrogens with zero attached hydrogens (tertiary/aromatic N) is 2. The number of hydrogen-bond acceptors (Lipinski definition) is 6. The van der Waals surface area contributed by atoms with Crippen LogP contribution in [-0.2, 0) is 6.42 Å². The molecule has 0 aromatic carbocycles. The number of nitrogen functional groups attached to an aromatic ring is 1. The second-order valence-electron chi connectivity index (χ2n) is 4.19. The fourth-order valence-corrected chi connectivity index (χ4v) is 2.12. The van der Waals surface area contributed by atoms with E-state index in [1.165, 1.54) is 6.33 Å². The number of hydrazine groups is 1. The Balaban J connectivity index is 1.93. The summed E-state index contributed by atoms with van der Waals surface area (Å²) in [6.07, 6.45) is 4.97. The molecule has 0 radical (unpaired) electrons. The van der Waals surface area contributed by atoms with E-state index in [0.29, 0.717) is 5.82 Å². The molecule has 0 saturated carbocycles. The van der Waals surface area contributed by atoms with E-state index in [2.05, 4.69) is 43.6 Å². The summed E-state index contributed by atoms with van der Waals surface area (Å²) >= 11 is 3.41. The van der Waals surface area contributed by atoms with Crippen LogP contribution in [0.1, 0.15) is 19.1 Å². The molecule has 2 heterocycles. The van der Waals surface area contributed by atoms with Crippen molar-refractivity contribution in [3.8, 4) is 0 Å². The summed E-state index contributed by atoms with van der Waals surface area (Å²) in [6.45, 7) is 2.09. The number of aryl methyl sites for hydroxylation is 1. The molecule has 1 atom stereocenters. The van der Waals surface area contributed by atoms with Crippen molar-refractivity contribution >= 4 is 27.6 Å². The Morgan fingerprint density at radius 2 is 2.21 bits per heavy atom. The highest BCUT2D eigenvalue weighted by Crippen LogP contribution is 2.26. The Bertz CT molecular complexity index is 517. The first-order valence-corrected chi connectivity index (χ1v) is 6.76. The van der Waals surface area contributed by atoms with Gasteiger partial charge in [-0.05, 0) is 41.4 Å². The number of halogens is 1. The molecule has 0 aliphatic carbocycles. The monoisotopic (exact) mass is 325 g/mol. The van der Waals surface area contributed by atoms with Crippen molar-refractivity contribution in [2.24, 2.45) is 5.84 Å². The first-order chi connectivity index (χ1) is 9.20. The Labute approximate surface area is 119 Å². The minimum Gasteiger partial charge on any atom is -0.469 e. The van der Waals surface area contributed by atoms with Crippen molar-refractivity contribution in [1.82, 2.24) is 9.97 Å². The fraction of sp³-hybridized carbons (Fsp3) is 0.333. The second kappa shape index (κ2) is 6.53. The van der Waals surface area contributed by atoms with Gasteiger partial charge in [0.15, 0.2) is 5.82 Å². The van der Waals surface area contributed by atoms with Gasteiger partial charge in [0.1, 0.15) is 22.4 Å². The van der Waals surface area contributed by atoms with Gasteiger partial charge in [-0.3, -0.25) is 0 Å². The molecule has 0 spiro atoms. The van der Waals surface area contributed by atoms with Crippen LogP contribution in [-0.4, -0.2) is 16.0 Å². The van der Waals surface area contributed by atoms with Crippen molar-refractivity contribution < 1.29 is 4.42 Å². The van der Waals surface area contributed by atoms with Crippen LogP contribution in [0.5, 0.6) is 0 Å². The van der Waals surface area contributed by atoms with Gasteiger partial charge in [0, 0.05) is 12.5 Å². The molecule has 102 valence electrons. The summed E-state index contributed by atoms with van der Waals surface area (Å²) in [6, 6.07) is 4.12. The number of nitrogens with one attached hydrogen (secondary N) is 2. The number of nitrogens with two attached hydrogens (primary N) is 1. The van der Waals surface area contributed by atoms with Crippen LogP contribution >= 0.6 is 15.9 Å². The van der Waals surface area contributed by atoms with Gasteiger partial charge in [-0.15, -0.1) is 0 Å². The van der Waals surface area contributed by atoms with Crippen LogP contribution in [0.25, 0.3) is 0 Å². The second-order valence-corrected chi connectivity index (χ2v) is 4.99. The molecule has 2 rings (SSSR count). The third-order valence-electron chi connectivity index (χ3n) is 2.71. The average molecular weight is 326 g/mol. The normalized spacial score (nSPS) is 12.2. The van der Waals surface area contributed by atoms with E-state index in [1.54, 1.807) is 6.26 Å². The van der Waals surface area contributed by atoms with Crippen molar-refractivity contribution in [3.05, 3.63) is 35.0 Å². The summed E-state index contributed by atoms with van der Waals surface area (Å²) < 4.78 is 6.03. The number of furan rings is 1. The highest BCUT2D eigenvalue weighted by molar-refractivity contribution is 9.10. The molecule has 0 aliphatic rings.